The molecule has 0 bridgehead atoms. The lowest BCUT2D eigenvalue weighted by Crippen LogP contribution is -2.38. The molecule has 1 aliphatic rings. The molecular weight excluding hydrogens is 264 g/mol. The summed E-state index contributed by atoms with van der Waals surface area (Å²) in [5.74, 6) is 0.997. The molecule has 1 saturated carbocycles. The third-order valence-corrected chi connectivity index (χ3v) is 4.00. The smallest absolute Gasteiger partial charge is 0.236 e. The molecule has 4 heteroatoms. The van der Waals surface area contributed by atoms with Crippen LogP contribution in [0, 0.1) is 0 Å². The Hall–Kier alpha value is -1.55. The van der Waals surface area contributed by atoms with Gasteiger partial charge in [0.1, 0.15) is 5.75 Å². The fourth-order valence-electron chi connectivity index (χ4n) is 2.77. The van der Waals surface area contributed by atoms with Crippen LogP contribution < -0.4 is 10.1 Å². The average Bonchev–Trinajstić information content (AvgIpc) is 3.00. The fraction of sp³-hybridized carbons (Fsp3) is 0.588. The quantitative estimate of drug-likeness (QED) is 0.839. The van der Waals surface area contributed by atoms with Gasteiger partial charge in [-0.1, -0.05) is 31.0 Å². The third kappa shape index (κ3) is 4.74. The van der Waals surface area contributed by atoms with Gasteiger partial charge in [-0.05, 0) is 25.8 Å². The van der Waals surface area contributed by atoms with Gasteiger partial charge in [-0.3, -0.25) is 4.79 Å². The first-order chi connectivity index (χ1) is 10.2. The minimum absolute atomic E-state index is 0.133. The van der Waals surface area contributed by atoms with Crippen LogP contribution in [-0.2, 0) is 11.3 Å². The minimum atomic E-state index is 0.133. The number of nitrogens with one attached hydrogen (secondary N) is 1. The van der Waals surface area contributed by atoms with E-state index in [1.165, 1.54) is 25.7 Å². The molecule has 0 aliphatic heterocycles. The van der Waals surface area contributed by atoms with Crippen molar-refractivity contribution in [2.24, 2.45) is 0 Å². The molecule has 1 amide bonds. The zero-order chi connectivity index (χ0) is 15.1. The number of para-hydroxylation sites is 1. The number of amides is 1. The SMILES string of the molecule is CCOc1ccccc1CN(C)C(=O)CNC1CCCC1. The van der Waals surface area contributed by atoms with Crippen molar-refractivity contribution in [3.8, 4) is 5.75 Å². The summed E-state index contributed by atoms with van der Waals surface area (Å²) in [6.07, 6.45) is 4.96. The maximum absolute atomic E-state index is 12.2. The number of rotatable bonds is 7. The number of hydrogen-bond acceptors (Lipinski definition) is 3. The Morgan fingerprint density at radius 2 is 2.05 bits per heavy atom. The maximum atomic E-state index is 12.2. The van der Waals surface area contributed by atoms with Gasteiger partial charge in [-0.25, -0.2) is 0 Å². The summed E-state index contributed by atoms with van der Waals surface area (Å²) < 4.78 is 5.61. The Balaban J connectivity index is 1.85. The Labute approximate surface area is 127 Å². The Morgan fingerprint density at radius 1 is 1.33 bits per heavy atom. The molecule has 1 N–H and O–H groups in total. The van der Waals surface area contributed by atoms with Crippen molar-refractivity contribution in [3.63, 3.8) is 0 Å². The Bertz CT molecular complexity index is 456. The molecule has 0 saturated heterocycles. The Kier molecular flexibility index (Phi) is 6.05. The number of nitrogens with zero attached hydrogens (tertiary/aromatic N) is 1. The second kappa shape index (κ2) is 8.03. The van der Waals surface area contributed by atoms with Gasteiger partial charge in [0, 0.05) is 25.2 Å². The summed E-state index contributed by atoms with van der Waals surface area (Å²) in [5, 5.41) is 3.37. The summed E-state index contributed by atoms with van der Waals surface area (Å²) in [6.45, 7) is 3.62. The van der Waals surface area contributed by atoms with Crippen LogP contribution in [0.15, 0.2) is 24.3 Å². The molecular formula is C17H26N2O2. The second-order valence-electron chi connectivity index (χ2n) is 5.65. The van der Waals surface area contributed by atoms with Crippen LogP contribution in [0.5, 0.6) is 5.75 Å². The van der Waals surface area contributed by atoms with E-state index in [0.29, 0.717) is 25.7 Å². The molecule has 0 aromatic heterocycles. The number of benzene rings is 1. The number of ether oxygens (including phenoxy) is 1. The van der Waals surface area contributed by atoms with E-state index >= 15 is 0 Å². The van der Waals surface area contributed by atoms with E-state index in [1.54, 1.807) is 4.90 Å². The van der Waals surface area contributed by atoms with Crippen LogP contribution in [-0.4, -0.2) is 37.0 Å². The van der Waals surface area contributed by atoms with E-state index in [0.717, 1.165) is 11.3 Å². The normalized spacial score (nSPS) is 15.1. The lowest BCUT2D eigenvalue weighted by Gasteiger charge is -2.20. The number of hydrogen-bond donors (Lipinski definition) is 1. The lowest BCUT2D eigenvalue weighted by molar-refractivity contribution is -0.129. The molecule has 0 heterocycles. The first-order valence-corrected chi connectivity index (χ1v) is 7.88. The van der Waals surface area contributed by atoms with Crippen molar-refractivity contribution in [3.05, 3.63) is 29.8 Å². The van der Waals surface area contributed by atoms with E-state index in [2.05, 4.69) is 5.32 Å². The monoisotopic (exact) mass is 290 g/mol. The molecule has 0 unspecified atom stereocenters. The van der Waals surface area contributed by atoms with Gasteiger partial charge < -0.3 is 15.0 Å². The minimum Gasteiger partial charge on any atom is -0.494 e. The summed E-state index contributed by atoms with van der Waals surface area (Å²) in [5.41, 5.74) is 1.05. The average molecular weight is 290 g/mol. The molecule has 4 nitrogen and oxygen atoms in total. The van der Waals surface area contributed by atoms with Crippen molar-refractivity contribution in [2.45, 2.75) is 45.2 Å². The largest absolute Gasteiger partial charge is 0.494 e. The van der Waals surface area contributed by atoms with Gasteiger partial charge in [0.15, 0.2) is 0 Å². The van der Waals surface area contributed by atoms with Gasteiger partial charge in [0.2, 0.25) is 5.91 Å². The van der Waals surface area contributed by atoms with Gasteiger partial charge in [0.25, 0.3) is 0 Å². The van der Waals surface area contributed by atoms with Crippen LogP contribution in [0.1, 0.15) is 38.2 Å². The second-order valence-corrected chi connectivity index (χ2v) is 5.65. The number of carbonyl (C=O) groups is 1. The molecule has 2 rings (SSSR count). The summed E-state index contributed by atoms with van der Waals surface area (Å²) in [7, 11) is 1.85. The molecule has 21 heavy (non-hydrogen) atoms. The topological polar surface area (TPSA) is 41.6 Å². The van der Waals surface area contributed by atoms with E-state index in [4.69, 9.17) is 4.74 Å². The van der Waals surface area contributed by atoms with Crippen molar-refractivity contribution in [1.29, 1.82) is 0 Å². The molecule has 0 atom stereocenters. The van der Waals surface area contributed by atoms with Crippen molar-refractivity contribution < 1.29 is 9.53 Å². The van der Waals surface area contributed by atoms with Crippen LogP contribution in [0.3, 0.4) is 0 Å². The van der Waals surface area contributed by atoms with Crippen molar-refractivity contribution >= 4 is 5.91 Å². The standard InChI is InChI=1S/C17H26N2O2/c1-3-21-16-11-7-4-8-14(16)13-19(2)17(20)12-18-15-9-5-6-10-15/h4,7-8,11,15,18H,3,5-6,9-10,12-13H2,1-2H3. The fourth-order valence-corrected chi connectivity index (χ4v) is 2.77. The number of carbonyl (C=O) groups excluding carboxylic acids is 1. The molecule has 1 aromatic carbocycles. The molecule has 1 aromatic rings. The van der Waals surface area contributed by atoms with Gasteiger partial charge >= 0.3 is 0 Å². The van der Waals surface area contributed by atoms with Gasteiger partial charge in [0.05, 0.1) is 13.2 Å². The predicted molar refractivity (Wildman–Crippen MR) is 84.3 cm³/mol. The van der Waals surface area contributed by atoms with Gasteiger partial charge in [-0.15, -0.1) is 0 Å². The van der Waals surface area contributed by atoms with Crippen LogP contribution in [0.4, 0.5) is 0 Å². The molecule has 0 spiro atoms. The highest BCUT2D eigenvalue weighted by atomic mass is 16.5. The summed E-state index contributed by atoms with van der Waals surface area (Å²) in [6, 6.07) is 8.43. The molecule has 1 aliphatic carbocycles. The summed E-state index contributed by atoms with van der Waals surface area (Å²) >= 11 is 0. The molecule has 0 radical (unpaired) electrons. The van der Waals surface area contributed by atoms with Gasteiger partial charge in [-0.2, -0.15) is 0 Å². The van der Waals surface area contributed by atoms with E-state index in [9.17, 15) is 4.79 Å². The first kappa shape index (κ1) is 15.8. The molecule has 116 valence electrons. The molecule has 1 fully saturated rings. The highest BCUT2D eigenvalue weighted by Gasteiger charge is 2.17. The highest BCUT2D eigenvalue weighted by Crippen LogP contribution is 2.20. The first-order valence-electron chi connectivity index (χ1n) is 7.88. The Morgan fingerprint density at radius 3 is 2.76 bits per heavy atom. The highest BCUT2D eigenvalue weighted by molar-refractivity contribution is 5.78. The van der Waals surface area contributed by atoms with Crippen LogP contribution in [0.2, 0.25) is 0 Å². The maximum Gasteiger partial charge on any atom is 0.236 e. The predicted octanol–water partition coefficient (Wildman–Crippen LogP) is 2.58. The van der Waals surface area contributed by atoms with Crippen LogP contribution in [0.25, 0.3) is 0 Å². The third-order valence-electron chi connectivity index (χ3n) is 4.00. The zero-order valence-electron chi connectivity index (χ0n) is 13.1. The van der Waals surface area contributed by atoms with E-state index < -0.39 is 0 Å². The van der Waals surface area contributed by atoms with Crippen molar-refractivity contribution in [2.75, 3.05) is 20.2 Å². The van der Waals surface area contributed by atoms with Crippen LogP contribution >= 0.6 is 0 Å². The number of likely N-dealkylation sites (N-methyl/N-ethyl adjacent to an activating group) is 1. The zero-order valence-corrected chi connectivity index (χ0v) is 13.1. The van der Waals surface area contributed by atoms with E-state index in [1.807, 2.05) is 38.2 Å². The van der Waals surface area contributed by atoms with Crippen molar-refractivity contribution in [1.82, 2.24) is 10.2 Å². The lowest BCUT2D eigenvalue weighted by atomic mass is 10.2. The van der Waals surface area contributed by atoms with E-state index in [-0.39, 0.29) is 5.91 Å². The summed E-state index contributed by atoms with van der Waals surface area (Å²) in [4.78, 5) is 14.0.